The van der Waals surface area contributed by atoms with Crippen molar-refractivity contribution < 1.29 is 4.79 Å². The molecule has 0 radical (unpaired) electrons. The Labute approximate surface area is 183 Å². The molecule has 0 bridgehead atoms. The van der Waals surface area contributed by atoms with Gasteiger partial charge in [-0.05, 0) is 66.3 Å². The summed E-state index contributed by atoms with van der Waals surface area (Å²) in [5.41, 5.74) is 6.69. The molecule has 4 nitrogen and oxygen atoms in total. The SMILES string of the molecule is CC(C)(C)c1cc(CNC(=O)Cc2ccc3c(c2)CCC3)n(-c2ccc(Cl)cc2)n1. The maximum absolute atomic E-state index is 12.6. The summed E-state index contributed by atoms with van der Waals surface area (Å²) in [6.45, 7) is 6.84. The quantitative estimate of drug-likeness (QED) is 0.617. The minimum atomic E-state index is -0.0825. The Bertz CT molecular complexity index is 1060. The molecule has 0 saturated heterocycles. The van der Waals surface area contributed by atoms with Gasteiger partial charge < -0.3 is 5.32 Å². The summed E-state index contributed by atoms with van der Waals surface area (Å²) in [6, 6.07) is 16.1. The van der Waals surface area contributed by atoms with Crippen molar-refractivity contribution in [2.45, 2.75) is 58.4 Å². The van der Waals surface area contributed by atoms with Gasteiger partial charge in [-0.1, -0.05) is 50.6 Å². The van der Waals surface area contributed by atoms with Crippen LogP contribution in [0.25, 0.3) is 5.69 Å². The largest absolute Gasteiger partial charge is 0.350 e. The number of carbonyl (C=O) groups is 1. The Morgan fingerprint density at radius 1 is 1.07 bits per heavy atom. The van der Waals surface area contributed by atoms with Gasteiger partial charge >= 0.3 is 0 Å². The molecule has 0 fully saturated rings. The summed E-state index contributed by atoms with van der Waals surface area (Å²) in [4.78, 5) is 12.6. The Balaban J connectivity index is 1.50. The zero-order valence-electron chi connectivity index (χ0n) is 17.8. The molecule has 1 amide bonds. The Morgan fingerprint density at radius 3 is 2.53 bits per heavy atom. The Kier molecular flexibility index (Phi) is 5.70. The number of carbonyl (C=O) groups excluding carboxylic acids is 1. The van der Waals surface area contributed by atoms with E-state index in [0.29, 0.717) is 18.0 Å². The second-order valence-electron chi connectivity index (χ2n) is 9.07. The number of rotatable bonds is 5. The molecule has 30 heavy (non-hydrogen) atoms. The van der Waals surface area contributed by atoms with Gasteiger partial charge in [-0.2, -0.15) is 5.10 Å². The Morgan fingerprint density at radius 2 is 1.80 bits per heavy atom. The minimum Gasteiger partial charge on any atom is -0.350 e. The minimum absolute atomic E-state index is 0.0223. The van der Waals surface area contributed by atoms with E-state index in [-0.39, 0.29) is 11.3 Å². The first-order valence-corrected chi connectivity index (χ1v) is 10.9. The predicted molar refractivity (Wildman–Crippen MR) is 121 cm³/mol. The van der Waals surface area contributed by atoms with E-state index in [4.69, 9.17) is 16.7 Å². The first kappa shape index (κ1) is 20.7. The van der Waals surface area contributed by atoms with Crippen LogP contribution in [0, 0.1) is 0 Å². The number of hydrogen-bond acceptors (Lipinski definition) is 2. The second-order valence-corrected chi connectivity index (χ2v) is 9.51. The van der Waals surface area contributed by atoms with E-state index in [9.17, 15) is 4.79 Å². The van der Waals surface area contributed by atoms with Crippen molar-refractivity contribution in [3.05, 3.63) is 81.6 Å². The number of fused-ring (bicyclic) bond motifs is 1. The molecule has 5 heteroatoms. The van der Waals surface area contributed by atoms with Gasteiger partial charge in [-0.15, -0.1) is 0 Å². The molecular weight excluding hydrogens is 394 g/mol. The summed E-state index contributed by atoms with van der Waals surface area (Å²) in [7, 11) is 0. The molecule has 1 heterocycles. The lowest BCUT2D eigenvalue weighted by atomic mass is 9.92. The normalized spacial score (nSPS) is 13.3. The topological polar surface area (TPSA) is 46.9 Å². The van der Waals surface area contributed by atoms with Gasteiger partial charge in [0.05, 0.1) is 30.0 Å². The molecule has 1 aromatic heterocycles. The zero-order valence-corrected chi connectivity index (χ0v) is 18.6. The first-order chi connectivity index (χ1) is 14.3. The summed E-state index contributed by atoms with van der Waals surface area (Å²) in [5, 5.41) is 8.57. The number of amides is 1. The highest BCUT2D eigenvalue weighted by Gasteiger charge is 2.21. The molecule has 1 aliphatic rings. The van der Waals surface area contributed by atoms with Gasteiger partial charge in [0.25, 0.3) is 0 Å². The van der Waals surface area contributed by atoms with Crippen LogP contribution in [0.15, 0.2) is 48.5 Å². The number of aromatic nitrogens is 2. The fraction of sp³-hybridized carbons (Fsp3) is 0.360. The highest BCUT2D eigenvalue weighted by Crippen LogP contribution is 2.25. The molecule has 0 spiro atoms. The summed E-state index contributed by atoms with van der Waals surface area (Å²) in [6.07, 6.45) is 3.90. The Hall–Kier alpha value is -2.59. The third-order valence-electron chi connectivity index (χ3n) is 5.62. The van der Waals surface area contributed by atoms with Crippen LogP contribution < -0.4 is 5.32 Å². The molecule has 0 atom stereocenters. The third-order valence-corrected chi connectivity index (χ3v) is 5.87. The van der Waals surface area contributed by atoms with Crippen molar-refractivity contribution in [1.29, 1.82) is 0 Å². The van der Waals surface area contributed by atoms with Crippen molar-refractivity contribution in [3.63, 3.8) is 0 Å². The van der Waals surface area contributed by atoms with Crippen molar-refractivity contribution in [3.8, 4) is 5.69 Å². The van der Waals surface area contributed by atoms with Crippen LogP contribution in [0.5, 0.6) is 0 Å². The third kappa shape index (κ3) is 4.59. The number of aryl methyl sites for hydroxylation is 2. The summed E-state index contributed by atoms with van der Waals surface area (Å²) >= 11 is 6.04. The van der Waals surface area contributed by atoms with Crippen LogP contribution in [0.2, 0.25) is 5.02 Å². The zero-order chi connectivity index (χ0) is 21.3. The van der Waals surface area contributed by atoms with Gasteiger partial charge in [0.1, 0.15) is 0 Å². The van der Waals surface area contributed by atoms with Crippen molar-refractivity contribution >= 4 is 17.5 Å². The average molecular weight is 422 g/mol. The molecule has 0 unspecified atom stereocenters. The molecule has 4 rings (SSSR count). The average Bonchev–Trinajstić information content (AvgIpc) is 3.33. The van der Waals surface area contributed by atoms with Gasteiger partial charge in [0, 0.05) is 10.4 Å². The number of nitrogens with one attached hydrogen (secondary N) is 1. The van der Waals surface area contributed by atoms with Crippen LogP contribution in [-0.2, 0) is 36.0 Å². The summed E-state index contributed by atoms with van der Waals surface area (Å²) < 4.78 is 1.90. The number of hydrogen-bond donors (Lipinski definition) is 1. The lowest BCUT2D eigenvalue weighted by molar-refractivity contribution is -0.120. The second kappa shape index (κ2) is 8.27. The maximum atomic E-state index is 12.6. The van der Waals surface area contributed by atoms with Crippen LogP contribution in [-0.4, -0.2) is 15.7 Å². The lowest BCUT2D eigenvalue weighted by Gasteiger charge is -2.14. The molecule has 156 valence electrons. The van der Waals surface area contributed by atoms with Crippen LogP contribution in [0.4, 0.5) is 0 Å². The van der Waals surface area contributed by atoms with Gasteiger partial charge in [0.2, 0.25) is 5.91 Å². The van der Waals surface area contributed by atoms with E-state index in [1.165, 1.54) is 17.5 Å². The lowest BCUT2D eigenvalue weighted by Crippen LogP contribution is -2.25. The fourth-order valence-electron chi connectivity index (χ4n) is 3.89. The van der Waals surface area contributed by atoms with E-state index < -0.39 is 0 Å². The standard InChI is InChI=1S/C25H28ClN3O/c1-25(2,3)23-15-22(29(28-23)21-11-9-20(26)10-12-21)16-27-24(30)14-17-7-8-18-5-4-6-19(18)13-17/h7-13,15H,4-6,14,16H2,1-3H3,(H,27,30). The van der Waals surface area contributed by atoms with Crippen LogP contribution in [0.3, 0.4) is 0 Å². The monoisotopic (exact) mass is 421 g/mol. The molecule has 1 N–H and O–H groups in total. The number of halogens is 1. The molecule has 1 aliphatic carbocycles. The molecule has 2 aromatic carbocycles. The number of benzene rings is 2. The van der Waals surface area contributed by atoms with E-state index in [2.05, 4.69) is 50.4 Å². The molecule has 0 saturated carbocycles. The highest BCUT2D eigenvalue weighted by molar-refractivity contribution is 6.30. The van der Waals surface area contributed by atoms with Crippen molar-refractivity contribution in [2.24, 2.45) is 0 Å². The van der Waals surface area contributed by atoms with Gasteiger partial charge in [-0.3, -0.25) is 4.79 Å². The van der Waals surface area contributed by atoms with E-state index in [1.54, 1.807) is 0 Å². The first-order valence-electron chi connectivity index (χ1n) is 10.5. The van der Waals surface area contributed by atoms with Crippen LogP contribution >= 0.6 is 11.6 Å². The number of nitrogens with zero attached hydrogens (tertiary/aromatic N) is 2. The molecular formula is C25H28ClN3O. The molecule has 0 aliphatic heterocycles. The van der Waals surface area contributed by atoms with Crippen LogP contribution in [0.1, 0.15) is 55.3 Å². The predicted octanol–water partition coefficient (Wildman–Crippen LogP) is 5.17. The van der Waals surface area contributed by atoms with Crippen molar-refractivity contribution in [2.75, 3.05) is 0 Å². The maximum Gasteiger partial charge on any atom is 0.224 e. The van der Waals surface area contributed by atoms with Gasteiger partial charge in [0.15, 0.2) is 0 Å². The summed E-state index contributed by atoms with van der Waals surface area (Å²) in [5.74, 6) is 0.0223. The van der Waals surface area contributed by atoms with E-state index in [1.807, 2.05) is 28.9 Å². The molecule has 3 aromatic rings. The van der Waals surface area contributed by atoms with E-state index in [0.717, 1.165) is 35.5 Å². The highest BCUT2D eigenvalue weighted by atomic mass is 35.5. The van der Waals surface area contributed by atoms with Crippen molar-refractivity contribution in [1.82, 2.24) is 15.1 Å². The van der Waals surface area contributed by atoms with Gasteiger partial charge in [-0.25, -0.2) is 4.68 Å². The van der Waals surface area contributed by atoms with E-state index >= 15 is 0 Å². The smallest absolute Gasteiger partial charge is 0.224 e. The fourth-order valence-corrected chi connectivity index (χ4v) is 4.02.